The third kappa shape index (κ3) is 4.18. The Morgan fingerprint density at radius 3 is 2.73 bits per heavy atom. The van der Waals surface area contributed by atoms with Gasteiger partial charge in [-0.05, 0) is 19.1 Å². The van der Waals surface area contributed by atoms with Gasteiger partial charge in [0, 0.05) is 25.3 Å². The number of thiazole rings is 1. The molecule has 0 spiro atoms. The number of aliphatic imine (C=N–C) groups is 1. The molecule has 0 unspecified atom stereocenters. The van der Waals surface area contributed by atoms with E-state index in [0.717, 1.165) is 33.8 Å². The smallest absolute Gasteiger partial charge is 0.379 e. The minimum absolute atomic E-state index is 0.0525. The predicted molar refractivity (Wildman–Crippen MR) is 109 cm³/mol. The molecule has 3 aromatic rings. The average molecular weight is 439 g/mol. The first kappa shape index (κ1) is 20.8. The highest BCUT2D eigenvalue weighted by molar-refractivity contribution is 7.20. The van der Waals surface area contributed by atoms with Gasteiger partial charge in [-0.3, -0.25) is 19.8 Å². The number of hydrogen-bond donors (Lipinski definition) is 1. The van der Waals surface area contributed by atoms with Crippen LogP contribution in [-0.2, 0) is 10.9 Å². The number of aromatic amines is 1. The average Bonchev–Trinajstić information content (AvgIpc) is 3.29. The van der Waals surface area contributed by atoms with Crippen molar-refractivity contribution in [1.29, 1.82) is 0 Å². The lowest BCUT2D eigenvalue weighted by Crippen LogP contribution is -2.37. The van der Waals surface area contributed by atoms with Crippen molar-refractivity contribution in [2.45, 2.75) is 13.1 Å². The summed E-state index contributed by atoms with van der Waals surface area (Å²) in [5.74, 6) is 0. The molecule has 2 aromatic heterocycles. The maximum atomic E-state index is 13.7. The first-order chi connectivity index (χ1) is 14.3. The van der Waals surface area contributed by atoms with Gasteiger partial charge in [-0.1, -0.05) is 23.5 Å². The molecular weight excluding hydrogens is 419 g/mol. The van der Waals surface area contributed by atoms with E-state index in [9.17, 15) is 18.0 Å². The first-order valence-electron chi connectivity index (χ1n) is 9.44. The zero-order valence-corrected chi connectivity index (χ0v) is 17.0. The molecule has 1 aliphatic heterocycles. The van der Waals surface area contributed by atoms with Gasteiger partial charge in [-0.2, -0.15) is 17.9 Å². The van der Waals surface area contributed by atoms with Crippen molar-refractivity contribution < 1.29 is 17.9 Å². The number of para-hydroxylation sites is 1. The number of halogens is 3. The van der Waals surface area contributed by atoms with Crippen molar-refractivity contribution in [3.63, 3.8) is 0 Å². The van der Waals surface area contributed by atoms with Crippen LogP contribution in [0.25, 0.3) is 15.3 Å². The highest BCUT2D eigenvalue weighted by atomic mass is 32.1. The SMILES string of the molecule is CC(=NCCN1CCOCC1)c1c(C(F)(F)F)[nH]n(-c2nc3ccccc3s2)c1=O. The zero-order valence-electron chi connectivity index (χ0n) is 16.2. The van der Waals surface area contributed by atoms with Crippen molar-refractivity contribution in [1.82, 2.24) is 19.7 Å². The minimum atomic E-state index is -4.72. The Labute approximate surface area is 173 Å². The van der Waals surface area contributed by atoms with Gasteiger partial charge in [0.25, 0.3) is 5.56 Å². The van der Waals surface area contributed by atoms with E-state index in [4.69, 9.17) is 4.74 Å². The Kier molecular flexibility index (Phi) is 5.76. The highest BCUT2D eigenvalue weighted by Crippen LogP contribution is 2.31. The van der Waals surface area contributed by atoms with Crippen LogP contribution < -0.4 is 5.56 Å². The number of benzene rings is 1. The Morgan fingerprint density at radius 2 is 2.03 bits per heavy atom. The van der Waals surface area contributed by atoms with Gasteiger partial charge in [0.2, 0.25) is 5.13 Å². The van der Waals surface area contributed by atoms with Crippen LogP contribution in [0, 0.1) is 0 Å². The third-order valence-corrected chi connectivity index (χ3v) is 5.90. The number of hydrogen-bond acceptors (Lipinski definition) is 6. The molecule has 4 rings (SSSR count). The Balaban J connectivity index is 1.67. The van der Waals surface area contributed by atoms with Crippen molar-refractivity contribution in [3.05, 3.63) is 45.9 Å². The van der Waals surface area contributed by atoms with Gasteiger partial charge < -0.3 is 4.74 Å². The topological polar surface area (TPSA) is 75.5 Å². The lowest BCUT2D eigenvalue weighted by atomic mass is 10.1. The second-order valence-electron chi connectivity index (χ2n) is 6.89. The number of nitrogens with one attached hydrogen (secondary N) is 1. The lowest BCUT2D eigenvalue weighted by molar-refractivity contribution is -0.141. The summed E-state index contributed by atoms with van der Waals surface area (Å²) in [5, 5.41) is 2.36. The summed E-state index contributed by atoms with van der Waals surface area (Å²) < 4.78 is 47.9. The van der Waals surface area contributed by atoms with Crippen LogP contribution in [0.4, 0.5) is 13.2 Å². The van der Waals surface area contributed by atoms with E-state index in [1.54, 1.807) is 24.3 Å². The van der Waals surface area contributed by atoms with Crippen LogP contribution in [0.5, 0.6) is 0 Å². The van der Waals surface area contributed by atoms with Gasteiger partial charge >= 0.3 is 6.18 Å². The fourth-order valence-corrected chi connectivity index (χ4v) is 4.26. The molecule has 1 saturated heterocycles. The number of nitrogens with zero attached hydrogens (tertiary/aromatic N) is 4. The summed E-state index contributed by atoms with van der Waals surface area (Å²) in [6.45, 7) is 5.11. The van der Waals surface area contributed by atoms with Crippen LogP contribution in [0.2, 0.25) is 0 Å². The Hall–Kier alpha value is -2.50. The van der Waals surface area contributed by atoms with Gasteiger partial charge in [0.1, 0.15) is 0 Å². The van der Waals surface area contributed by atoms with Crippen LogP contribution in [0.3, 0.4) is 0 Å². The molecule has 0 bridgehead atoms. The minimum Gasteiger partial charge on any atom is -0.379 e. The molecule has 1 fully saturated rings. The van der Waals surface area contributed by atoms with Crippen LogP contribution in [0.1, 0.15) is 18.2 Å². The van der Waals surface area contributed by atoms with Crippen molar-refractivity contribution in [2.24, 2.45) is 4.99 Å². The van der Waals surface area contributed by atoms with E-state index in [2.05, 4.69) is 20.0 Å². The zero-order chi connectivity index (χ0) is 21.3. The molecule has 11 heteroatoms. The van der Waals surface area contributed by atoms with Crippen LogP contribution >= 0.6 is 11.3 Å². The predicted octanol–water partition coefficient (Wildman–Crippen LogP) is 2.94. The first-order valence-corrected chi connectivity index (χ1v) is 10.3. The summed E-state index contributed by atoms with van der Waals surface area (Å²) in [6.07, 6.45) is -4.72. The van der Waals surface area contributed by atoms with E-state index in [0.29, 0.717) is 31.8 Å². The summed E-state index contributed by atoms with van der Waals surface area (Å²) in [5.41, 5.74) is -1.72. The molecule has 0 radical (unpaired) electrons. The van der Waals surface area contributed by atoms with E-state index >= 15 is 0 Å². The Bertz CT molecular complexity index is 1090. The van der Waals surface area contributed by atoms with E-state index in [1.165, 1.54) is 6.92 Å². The quantitative estimate of drug-likeness (QED) is 0.621. The molecule has 7 nitrogen and oxygen atoms in total. The molecule has 1 N–H and O–H groups in total. The molecule has 3 heterocycles. The van der Waals surface area contributed by atoms with Gasteiger partial charge in [-0.15, -0.1) is 0 Å². The molecule has 0 aliphatic carbocycles. The molecular formula is C19H20F3N5O2S. The number of fused-ring (bicyclic) bond motifs is 1. The Morgan fingerprint density at radius 1 is 1.30 bits per heavy atom. The summed E-state index contributed by atoms with van der Waals surface area (Å²) in [7, 11) is 0. The van der Waals surface area contributed by atoms with Crippen LogP contribution in [0.15, 0.2) is 34.1 Å². The van der Waals surface area contributed by atoms with Crippen molar-refractivity contribution in [2.75, 3.05) is 39.4 Å². The second kappa shape index (κ2) is 8.32. The number of rotatable bonds is 5. The standard InChI is InChI=1S/C19H20F3N5O2S/c1-12(23-6-7-26-8-10-29-11-9-26)15-16(19(20,21)22)25-27(17(15)28)18-24-13-4-2-3-5-14(13)30-18/h2-5,25H,6-11H2,1H3. The van der Waals surface area contributed by atoms with Gasteiger partial charge in [-0.25, -0.2) is 4.98 Å². The molecule has 0 atom stereocenters. The lowest BCUT2D eigenvalue weighted by Gasteiger charge is -2.25. The molecule has 0 saturated carbocycles. The maximum Gasteiger partial charge on any atom is 0.433 e. The normalized spacial score (nSPS) is 16.5. The molecule has 0 amide bonds. The maximum absolute atomic E-state index is 13.7. The number of H-pyrrole nitrogens is 1. The molecule has 160 valence electrons. The van der Waals surface area contributed by atoms with Crippen molar-refractivity contribution in [3.8, 4) is 5.13 Å². The summed E-state index contributed by atoms with van der Waals surface area (Å²) in [4.78, 5) is 23.6. The molecule has 30 heavy (non-hydrogen) atoms. The van der Waals surface area contributed by atoms with Crippen LogP contribution in [-0.4, -0.2) is 64.8 Å². The largest absolute Gasteiger partial charge is 0.433 e. The number of aromatic nitrogens is 3. The van der Waals surface area contributed by atoms with Gasteiger partial charge in [0.15, 0.2) is 5.69 Å². The molecule has 1 aliphatic rings. The third-order valence-electron chi connectivity index (χ3n) is 4.88. The summed E-state index contributed by atoms with van der Waals surface area (Å²) in [6, 6.07) is 7.13. The van der Waals surface area contributed by atoms with Crippen molar-refractivity contribution >= 4 is 27.3 Å². The molecule has 1 aromatic carbocycles. The summed E-state index contributed by atoms with van der Waals surface area (Å²) >= 11 is 1.14. The number of ether oxygens (including phenoxy) is 1. The monoisotopic (exact) mass is 439 g/mol. The highest BCUT2D eigenvalue weighted by Gasteiger charge is 2.39. The van der Waals surface area contributed by atoms with E-state index in [-0.39, 0.29) is 10.8 Å². The number of alkyl halides is 3. The van der Waals surface area contributed by atoms with E-state index in [1.807, 2.05) is 0 Å². The number of morpholine rings is 1. The van der Waals surface area contributed by atoms with E-state index < -0.39 is 23.0 Å². The second-order valence-corrected chi connectivity index (χ2v) is 7.89. The fourth-order valence-electron chi connectivity index (χ4n) is 3.33. The van der Waals surface area contributed by atoms with Gasteiger partial charge in [0.05, 0.1) is 35.5 Å². The fraction of sp³-hybridized carbons (Fsp3) is 0.421.